The number of fused-ring (bicyclic) bond motifs is 1. The van der Waals surface area contributed by atoms with Crippen molar-refractivity contribution >= 4 is 39.7 Å². The van der Waals surface area contributed by atoms with E-state index in [0.29, 0.717) is 16.3 Å². The molecule has 0 bridgehead atoms. The highest BCUT2D eigenvalue weighted by atomic mass is 35.5. The van der Waals surface area contributed by atoms with Crippen molar-refractivity contribution in [3.05, 3.63) is 57.9 Å². The standard InChI is InChI=1S/C17H15ClN2O2S/c1-11(15-5-3-9-23-15)20-16(21)10-22-14-7-6-13(18)12-4-2-8-19-17(12)14/h2-9,11H,10H2,1H3,(H,20,21)/t11-/m1/s1. The lowest BCUT2D eigenvalue weighted by molar-refractivity contribution is -0.123. The van der Waals surface area contributed by atoms with Crippen LogP contribution in [-0.4, -0.2) is 17.5 Å². The summed E-state index contributed by atoms with van der Waals surface area (Å²) in [5, 5.41) is 6.31. The highest BCUT2D eigenvalue weighted by molar-refractivity contribution is 7.10. The van der Waals surface area contributed by atoms with E-state index in [2.05, 4.69) is 10.3 Å². The maximum atomic E-state index is 12.0. The van der Waals surface area contributed by atoms with Gasteiger partial charge < -0.3 is 10.1 Å². The van der Waals surface area contributed by atoms with Gasteiger partial charge in [-0.2, -0.15) is 0 Å². The van der Waals surface area contributed by atoms with E-state index in [1.165, 1.54) is 0 Å². The van der Waals surface area contributed by atoms with Crippen molar-refractivity contribution in [2.45, 2.75) is 13.0 Å². The predicted molar refractivity (Wildman–Crippen MR) is 93.1 cm³/mol. The second-order valence-electron chi connectivity index (χ2n) is 5.04. The lowest BCUT2D eigenvalue weighted by Crippen LogP contribution is -2.30. The molecule has 0 aliphatic rings. The number of hydrogen-bond donors (Lipinski definition) is 1. The van der Waals surface area contributed by atoms with Gasteiger partial charge in [0.25, 0.3) is 5.91 Å². The molecule has 1 atom stereocenters. The van der Waals surface area contributed by atoms with Gasteiger partial charge in [-0.25, -0.2) is 0 Å². The molecule has 1 N–H and O–H groups in total. The third kappa shape index (κ3) is 3.63. The van der Waals surface area contributed by atoms with Gasteiger partial charge in [-0.15, -0.1) is 11.3 Å². The van der Waals surface area contributed by atoms with Crippen LogP contribution in [0.25, 0.3) is 10.9 Å². The molecule has 0 saturated heterocycles. The molecule has 3 rings (SSSR count). The first-order valence-electron chi connectivity index (χ1n) is 7.14. The highest BCUT2D eigenvalue weighted by Gasteiger charge is 2.12. The van der Waals surface area contributed by atoms with Gasteiger partial charge in [0.1, 0.15) is 11.3 Å². The molecule has 1 aromatic carbocycles. The van der Waals surface area contributed by atoms with Crippen molar-refractivity contribution in [2.24, 2.45) is 0 Å². The SMILES string of the molecule is C[C@@H](NC(=O)COc1ccc(Cl)c2cccnc12)c1cccs1. The summed E-state index contributed by atoms with van der Waals surface area (Å²) in [6.45, 7) is 1.88. The molecule has 118 valence electrons. The Bertz CT molecular complexity index is 821. The minimum Gasteiger partial charge on any atom is -0.481 e. The molecular weight excluding hydrogens is 332 g/mol. The Balaban J connectivity index is 1.67. The van der Waals surface area contributed by atoms with Crippen molar-refractivity contribution in [3.8, 4) is 5.75 Å². The van der Waals surface area contributed by atoms with Crippen LogP contribution in [0.15, 0.2) is 48.0 Å². The fraction of sp³-hybridized carbons (Fsp3) is 0.176. The molecule has 0 unspecified atom stereocenters. The summed E-state index contributed by atoms with van der Waals surface area (Å²) < 4.78 is 5.62. The predicted octanol–water partition coefficient (Wildman–Crippen LogP) is 4.21. The number of pyridine rings is 1. The van der Waals surface area contributed by atoms with Crippen LogP contribution in [-0.2, 0) is 4.79 Å². The lowest BCUT2D eigenvalue weighted by Gasteiger charge is -2.13. The van der Waals surface area contributed by atoms with Crippen LogP contribution in [0, 0.1) is 0 Å². The van der Waals surface area contributed by atoms with Gasteiger partial charge in [-0.3, -0.25) is 9.78 Å². The number of nitrogens with one attached hydrogen (secondary N) is 1. The minimum atomic E-state index is -0.176. The fourth-order valence-electron chi connectivity index (χ4n) is 2.26. The van der Waals surface area contributed by atoms with Gasteiger partial charge in [0, 0.05) is 16.5 Å². The van der Waals surface area contributed by atoms with Crippen molar-refractivity contribution in [3.63, 3.8) is 0 Å². The normalized spacial score (nSPS) is 12.1. The van der Waals surface area contributed by atoms with E-state index in [1.807, 2.05) is 36.6 Å². The van der Waals surface area contributed by atoms with Gasteiger partial charge in [0.05, 0.1) is 11.1 Å². The Labute approximate surface area is 143 Å². The first kappa shape index (κ1) is 15.8. The third-order valence-corrected chi connectivity index (χ3v) is 4.77. The van der Waals surface area contributed by atoms with E-state index >= 15 is 0 Å². The number of thiophene rings is 1. The van der Waals surface area contributed by atoms with Crippen molar-refractivity contribution in [1.82, 2.24) is 10.3 Å². The largest absolute Gasteiger partial charge is 0.481 e. The average molecular weight is 347 g/mol. The number of carbonyl (C=O) groups is 1. The van der Waals surface area contributed by atoms with Crippen LogP contribution in [0.1, 0.15) is 17.8 Å². The van der Waals surface area contributed by atoms with Crippen molar-refractivity contribution < 1.29 is 9.53 Å². The van der Waals surface area contributed by atoms with Gasteiger partial charge in [0.15, 0.2) is 6.61 Å². The number of halogens is 1. The number of nitrogens with zero attached hydrogens (tertiary/aromatic N) is 1. The van der Waals surface area contributed by atoms with E-state index in [1.54, 1.807) is 29.7 Å². The zero-order valence-electron chi connectivity index (χ0n) is 12.5. The summed E-state index contributed by atoms with van der Waals surface area (Å²) in [5.41, 5.74) is 0.652. The first-order chi connectivity index (χ1) is 11.1. The Hall–Kier alpha value is -2.11. The lowest BCUT2D eigenvalue weighted by atomic mass is 10.2. The van der Waals surface area contributed by atoms with Crippen LogP contribution in [0.4, 0.5) is 0 Å². The summed E-state index contributed by atoms with van der Waals surface area (Å²) in [6.07, 6.45) is 1.67. The Morgan fingerprint density at radius 2 is 2.22 bits per heavy atom. The molecule has 0 aliphatic heterocycles. The van der Waals surface area contributed by atoms with E-state index in [-0.39, 0.29) is 18.6 Å². The molecule has 4 nitrogen and oxygen atoms in total. The Kier molecular flexibility index (Phi) is 4.79. The van der Waals surface area contributed by atoms with Crippen LogP contribution < -0.4 is 10.1 Å². The van der Waals surface area contributed by atoms with Gasteiger partial charge in [-0.05, 0) is 42.6 Å². The summed E-state index contributed by atoms with van der Waals surface area (Å²) >= 11 is 7.75. The van der Waals surface area contributed by atoms with Crippen LogP contribution in [0.3, 0.4) is 0 Å². The number of benzene rings is 1. The van der Waals surface area contributed by atoms with E-state index in [4.69, 9.17) is 16.3 Å². The molecule has 0 aliphatic carbocycles. The quantitative estimate of drug-likeness (QED) is 0.753. The number of ether oxygens (including phenoxy) is 1. The first-order valence-corrected chi connectivity index (χ1v) is 8.39. The van der Waals surface area contributed by atoms with Crippen LogP contribution in [0.2, 0.25) is 5.02 Å². The number of carbonyl (C=O) groups excluding carboxylic acids is 1. The minimum absolute atomic E-state index is 0.0359. The smallest absolute Gasteiger partial charge is 0.258 e. The molecule has 1 amide bonds. The maximum Gasteiger partial charge on any atom is 0.258 e. The molecule has 23 heavy (non-hydrogen) atoms. The van der Waals surface area contributed by atoms with E-state index < -0.39 is 0 Å². The molecule has 0 radical (unpaired) electrons. The average Bonchev–Trinajstić information content (AvgIpc) is 3.09. The zero-order chi connectivity index (χ0) is 16.2. The Morgan fingerprint density at radius 3 is 3.00 bits per heavy atom. The molecule has 0 saturated carbocycles. The third-order valence-electron chi connectivity index (χ3n) is 3.39. The second-order valence-corrected chi connectivity index (χ2v) is 6.42. The van der Waals surface area contributed by atoms with Crippen molar-refractivity contribution in [2.75, 3.05) is 6.61 Å². The maximum absolute atomic E-state index is 12.0. The van der Waals surface area contributed by atoms with Gasteiger partial charge >= 0.3 is 0 Å². The molecule has 6 heteroatoms. The number of hydrogen-bond acceptors (Lipinski definition) is 4. The van der Waals surface area contributed by atoms with Gasteiger partial charge in [-0.1, -0.05) is 17.7 Å². The Morgan fingerprint density at radius 1 is 1.35 bits per heavy atom. The number of amides is 1. The molecule has 0 fully saturated rings. The van der Waals surface area contributed by atoms with Crippen LogP contribution in [0.5, 0.6) is 5.75 Å². The summed E-state index contributed by atoms with van der Waals surface area (Å²) in [5.74, 6) is 0.369. The summed E-state index contributed by atoms with van der Waals surface area (Å²) in [7, 11) is 0. The highest BCUT2D eigenvalue weighted by Crippen LogP contribution is 2.29. The molecule has 0 spiro atoms. The van der Waals surface area contributed by atoms with Gasteiger partial charge in [0.2, 0.25) is 0 Å². The van der Waals surface area contributed by atoms with Crippen LogP contribution >= 0.6 is 22.9 Å². The monoisotopic (exact) mass is 346 g/mol. The van der Waals surface area contributed by atoms with E-state index in [0.717, 1.165) is 10.3 Å². The molecular formula is C17H15ClN2O2S. The summed E-state index contributed by atoms with van der Waals surface area (Å²) in [6, 6.07) is 11.1. The zero-order valence-corrected chi connectivity index (χ0v) is 14.0. The number of aromatic nitrogens is 1. The molecule has 3 aromatic rings. The second kappa shape index (κ2) is 6.98. The fourth-order valence-corrected chi connectivity index (χ4v) is 3.21. The molecule has 2 heterocycles. The number of rotatable bonds is 5. The van der Waals surface area contributed by atoms with Crippen molar-refractivity contribution in [1.29, 1.82) is 0 Å². The van der Waals surface area contributed by atoms with E-state index in [9.17, 15) is 4.79 Å². The molecule has 2 aromatic heterocycles. The summed E-state index contributed by atoms with van der Waals surface area (Å²) in [4.78, 5) is 17.4. The topological polar surface area (TPSA) is 51.2 Å².